The van der Waals surface area contributed by atoms with E-state index in [-0.39, 0.29) is 23.8 Å². The first-order chi connectivity index (χ1) is 10.1. The molecule has 6 heteroatoms. The molecule has 0 spiro atoms. The van der Waals surface area contributed by atoms with Gasteiger partial charge in [-0.1, -0.05) is 6.07 Å². The van der Waals surface area contributed by atoms with Crippen LogP contribution >= 0.6 is 11.3 Å². The van der Waals surface area contributed by atoms with E-state index in [1.807, 2.05) is 24.4 Å². The fraction of sp³-hybridized carbons (Fsp3) is 0.600. The number of carbonyl (C=O) groups excluding carboxylic acids is 2. The summed E-state index contributed by atoms with van der Waals surface area (Å²) < 4.78 is 0. The summed E-state index contributed by atoms with van der Waals surface area (Å²) in [6.07, 6.45) is 1.64. The molecule has 5 nitrogen and oxygen atoms in total. The zero-order valence-corrected chi connectivity index (χ0v) is 13.4. The van der Waals surface area contributed by atoms with Gasteiger partial charge in [0, 0.05) is 17.8 Å². The molecule has 2 heterocycles. The molecule has 1 saturated heterocycles. The van der Waals surface area contributed by atoms with Gasteiger partial charge in [0.15, 0.2) is 0 Å². The lowest BCUT2D eigenvalue weighted by Crippen LogP contribution is -2.49. The molecule has 1 aliphatic heterocycles. The Morgan fingerprint density at radius 1 is 1.43 bits per heavy atom. The first-order valence-electron chi connectivity index (χ1n) is 7.37. The predicted molar refractivity (Wildman–Crippen MR) is 84.0 cm³/mol. The molecule has 21 heavy (non-hydrogen) atoms. The van der Waals surface area contributed by atoms with Crippen LogP contribution in [0.15, 0.2) is 17.5 Å². The topological polar surface area (TPSA) is 61.4 Å². The van der Waals surface area contributed by atoms with Crippen LogP contribution in [0.4, 0.5) is 0 Å². The molecule has 1 aromatic rings. The van der Waals surface area contributed by atoms with Gasteiger partial charge in [0.1, 0.15) is 0 Å². The van der Waals surface area contributed by atoms with Gasteiger partial charge < -0.3 is 10.6 Å². The third kappa shape index (κ3) is 4.28. The lowest BCUT2D eigenvalue weighted by Gasteiger charge is -2.34. The standard InChI is InChI=1S/C15H23N3O2S/c1-11(14(19)17-10-13-4-3-9-21-13)18-7-5-12(6-8-18)15(20)16-2/h3-4,9,11-12H,5-8,10H2,1-2H3,(H,16,20)(H,17,19). The summed E-state index contributed by atoms with van der Waals surface area (Å²) >= 11 is 1.65. The van der Waals surface area contributed by atoms with Crippen molar-refractivity contribution in [3.63, 3.8) is 0 Å². The van der Waals surface area contributed by atoms with Crippen molar-refractivity contribution < 1.29 is 9.59 Å². The third-order valence-electron chi connectivity index (χ3n) is 4.09. The predicted octanol–water partition coefficient (Wildman–Crippen LogP) is 1.21. The van der Waals surface area contributed by atoms with Gasteiger partial charge in [-0.3, -0.25) is 14.5 Å². The summed E-state index contributed by atoms with van der Waals surface area (Å²) in [6.45, 7) is 4.12. The highest BCUT2D eigenvalue weighted by Crippen LogP contribution is 2.19. The van der Waals surface area contributed by atoms with Gasteiger partial charge in [0.05, 0.1) is 12.6 Å². The smallest absolute Gasteiger partial charge is 0.237 e. The first kappa shape index (κ1) is 16.0. The summed E-state index contributed by atoms with van der Waals surface area (Å²) in [4.78, 5) is 27.1. The second kappa shape index (κ2) is 7.56. The lowest BCUT2D eigenvalue weighted by molar-refractivity contribution is -0.128. The van der Waals surface area contributed by atoms with Crippen LogP contribution in [0.3, 0.4) is 0 Å². The van der Waals surface area contributed by atoms with E-state index in [1.165, 1.54) is 0 Å². The molecule has 2 amide bonds. The highest BCUT2D eigenvalue weighted by molar-refractivity contribution is 7.09. The Bertz CT molecular complexity index is 467. The van der Waals surface area contributed by atoms with Crippen molar-refractivity contribution in [1.29, 1.82) is 0 Å². The first-order valence-corrected chi connectivity index (χ1v) is 8.25. The van der Waals surface area contributed by atoms with E-state index in [2.05, 4.69) is 15.5 Å². The number of amides is 2. The quantitative estimate of drug-likeness (QED) is 0.859. The van der Waals surface area contributed by atoms with Crippen molar-refractivity contribution in [2.45, 2.75) is 32.4 Å². The number of carbonyl (C=O) groups is 2. The average molecular weight is 309 g/mol. The molecule has 1 atom stereocenters. The van der Waals surface area contributed by atoms with Gasteiger partial charge in [-0.2, -0.15) is 0 Å². The van der Waals surface area contributed by atoms with Crippen LogP contribution in [0.5, 0.6) is 0 Å². The Balaban J connectivity index is 1.77. The molecule has 0 radical (unpaired) electrons. The molecule has 0 aliphatic carbocycles. The highest BCUT2D eigenvalue weighted by atomic mass is 32.1. The van der Waals surface area contributed by atoms with Gasteiger partial charge in [-0.15, -0.1) is 11.3 Å². The molecular formula is C15H23N3O2S. The normalized spacial score (nSPS) is 18.2. The molecule has 1 aromatic heterocycles. The largest absolute Gasteiger partial charge is 0.359 e. The molecule has 0 bridgehead atoms. The monoisotopic (exact) mass is 309 g/mol. The zero-order valence-electron chi connectivity index (χ0n) is 12.6. The minimum atomic E-state index is -0.143. The van der Waals surface area contributed by atoms with Gasteiger partial charge in [0.25, 0.3) is 0 Å². The zero-order chi connectivity index (χ0) is 15.2. The van der Waals surface area contributed by atoms with Crippen LogP contribution in [-0.4, -0.2) is 42.9 Å². The second-order valence-corrected chi connectivity index (χ2v) is 6.43. The van der Waals surface area contributed by atoms with Crippen molar-refractivity contribution in [2.24, 2.45) is 5.92 Å². The van der Waals surface area contributed by atoms with Crippen LogP contribution < -0.4 is 10.6 Å². The molecule has 1 unspecified atom stereocenters. The van der Waals surface area contributed by atoms with Crippen molar-refractivity contribution >= 4 is 23.2 Å². The van der Waals surface area contributed by atoms with E-state index in [0.717, 1.165) is 30.8 Å². The highest BCUT2D eigenvalue weighted by Gasteiger charge is 2.29. The minimum Gasteiger partial charge on any atom is -0.359 e. The Labute approximate surface area is 129 Å². The Kier molecular flexibility index (Phi) is 5.76. The average Bonchev–Trinajstić information content (AvgIpc) is 3.04. The van der Waals surface area contributed by atoms with E-state index in [1.54, 1.807) is 18.4 Å². The lowest BCUT2D eigenvalue weighted by atomic mass is 9.95. The number of hydrogen-bond acceptors (Lipinski definition) is 4. The number of rotatable bonds is 5. The maximum Gasteiger partial charge on any atom is 0.237 e. The summed E-state index contributed by atoms with van der Waals surface area (Å²) in [6, 6.07) is 3.86. The number of piperidine rings is 1. The fourth-order valence-electron chi connectivity index (χ4n) is 2.65. The molecule has 2 rings (SSSR count). The van der Waals surface area contributed by atoms with Crippen LogP contribution in [0.25, 0.3) is 0 Å². The molecule has 0 aromatic carbocycles. The Morgan fingerprint density at radius 3 is 2.71 bits per heavy atom. The van der Waals surface area contributed by atoms with E-state index >= 15 is 0 Å². The summed E-state index contributed by atoms with van der Waals surface area (Å²) in [5.74, 6) is 0.263. The minimum absolute atomic E-state index is 0.0572. The van der Waals surface area contributed by atoms with Gasteiger partial charge in [0.2, 0.25) is 11.8 Å². The van der Waals surface area contributed by atoms with Crippen molar-refractivity contribution in [1.82, 2.24) is 15.5 Å². The molecule has 0 saturated carbocycles. The molecule has 116 valence electrons. The number of nitrogens with zero attached hydrogens (tertiary/aromatic N) is 1. The maximum atomic E-state index is 12.2. The number of thiophene rings is 1. The van der Waals surface area contributed by atoms with E-state index in [0.29, 0.717) is 6.54 Å². The van der Waals surface area contributed by atoms with Crippen molar-refractivity contribution in [2.75, 3.05) is 20.1 Å². The van der Waals surface area contributed by atoms with E-state index < -0.39 is 0 Å². The maximum absolute atomic E-state index is 12.2. The van der Waals surface area contributed by atoms with Crippen LogP contribution in [0.2, 0.25) is 0 Å². The molecule has 1 fully saturated rings. The fourth-order valence-corrected chi connectivity index (χ4v) is 3.30. The molecular weight excluding hydrogens is 286 g/mol. The number of nitrogens with one attached hydrogen (secondary N) is 2. The second-order valence-electron chi connectivity index (χ2n) is 5.40. The van der Waals surface area contributed by atoms with Crippen LogP contribution in [0.1, 0.15) is 24.6 Å². The third-order valence-corrected chi connectivity index (χ3v) is 4.97. The number of likely N-dealkylation sites (tertiary alicyclic amines) is 1. The van der Waals surface area contributed by atoms with Gasteiger partial charge >= 0.3 is 0 Å². The van der Waals surface area contributed by atoms with Crippen molar-refractivity contribution in [3.8, 4) is 0 Å². The van der Waals surface area contributed by atoms with E-state index in [9.17, 15) is 9.59 Å². The van der Waals surface area contributed by atoms with Gasteiger partial charge in [-0.05, 0) is 44.3 Å². The Hall–Kier alpha value is -1.40. The summed E-state index contributed by atoms with van der Waals surface area (Å²) in [5, 5.41) is 7.69. The van der Waals surface area contributed by atoms with Crippen molar-refractivity contribution in [3.05, 3.63) is 22.4 Å². The van der Waals surface area contributed by atoms with Crippen LogP contribution in [-0.2, 0) is 16.1 Å². The van der Waals surface area contributed by atoms with E-state index in [4.69, 9.17) is 0 Å². The van der Waals surface area contributed by atoms with Crippen LogP contribution in [0, 0.1) is 5.92 Å². The van der Waals surface area contributed by atoms with Gasteiger partial charge in [-0.25, -0.2) is 0 Å². The Morgan fingerprint density at radius 2 is 2.14 bits per heavy atom. The summed E-state index contributed by atoms with van der Waals surface area (Å²) in [7, 11) is 1.68. The summed E-state index contributed by atoms with van der Waals surface area (Å²) in [5.41, 5.74) is 0. The SMILES string of the molecule is CNC(=O)C1CCN(C(C)C(=O)NCc2cccs2)CC1. The molecule has 2 N–H and O–H groups in total. The molecule has 1 aliphatic rings. The number of hydrogen-bond donors (Lipinski definition) is 2.